The minimum atomic E-state index is -0.196. The lowest BCUT2D eigenvalue weighted by Gasteiger charge is -2.26. The Morgan fingerprint density at radius 2 is 1.74 bits per heavy atom. The van der Waals surface area contributed by atoms with Crippen LogP contribution in [0.5, 0.6) is 17.2 Å². The van der Waals surface area contributed by atoms with E-state index in [2.05, 4.69) is 10.3 Å². The molecule has 0 fully saturated rings. The molecule has 35 heavy (non-hydrogen) atoms. The zero-order valence-electron chi connectivity index (χ0n) is 19.8. The number of furan rings is 1. The molecule has 2 heterocycles. The fraction of sp³-hybridized carbons (Fsp3) is 0.231. The molecule has 4 rings (SSSR count). The molecule has 9 heteroatoms. The van der Waals surface area contributed by atoms with Crippen LogP contribution in [0.1, 0.15) is 16.9 Å². The molecule has 0 aliphatic carbocycles. The number of ether oxygens (including phenoxy) is 3. The zero-order valence-corrected chi connectivity index (χ0v) is 20.6. The monoisotopic (exact) mass is 493 g/mol. The second-order valence-electron chi connectivity index (χ2n) is 7.86. The molecule has 0 aliphatic heterocycles. The van der Waals surface area contributed by atoms with Crippen LogP contribution in [0, 0.1) is 0 Å². The quantitative estimate of drug-likeness (QED) is 0.335. The van der Waals surface area contributed by atoms with Gasteiger partial charge in [-0.2, -0.15) is 0 Å². The Morgan fingerprint density at radius 1 is 1.00 bits per heavy atom. The number of nitrogens with one attached hydrogen (secondary N) is 2. The Hall–Kier alpha value is -3.98. The van der Waals surface area contributed by atoms with Crippen molar-refractivity contribution >= 4 is 28.2 Å². The number of benzene rings is 2. The first-order valence-electron chi connectivity index (χ1n) is 11.0. The van der Waals surface area contributed by atoms with Crippen molar-refractivity contribution in [3.05, 3.63) is 88.1 Å². The van der Waals surface area contributed by atoms with E-state index in [9.17, 15) is 4.79 Å². The SMILES string of the molecule is COc1ccc(CN(Cc2cc3cc(OC)c(OC)cc3[nH]c2=O)C(=S)NCc2ccco2)cc1. The molecule has 0 atom stereocenters. The van der Waals surface area contributed by atoms with Gasteiger partial charge in [-0.15, -0.1) is 0 Å². The van der Waals surface area contributed by atoms with E-state index in [1.807, 2.05) is 53.4 Å². The summed E-state index contributed by atoms with van der Waals surface area (Å²) in [5.74, 6) is 2.67. The molecule has 2 N–H and O–H groups in total. The van der Waals surface area contributed by atoms with Crippen LogP contribution in [0.25, 0.3) is 10.9 Å². The van der Waals surface area contributed by atoms with Gasteiger partial charge in [0, 0.05) is 23.6 Å². The molecule has 0 saturated carbocycles. The summed E-state index contributed by atoms with van der Waals surface area (Å²) in [4.78, 5) is 17.9. The van der Waals surface area contributed by atoms with E-state index in [-0.39, 0.29) is 5.56 Å². The van der Waals surface area contributed by atoms with E-state index in [1.54, 1.807) is 33.7 Å². The van der Waals surface area contributed by atoms with Crippen LogP contribution in [-0.2, 0) is 19.6 Å². The predicted molar refractivity (Wildman–Crippen MR) is 138 cm³/mol. The Labute approximate surface area is 208 Å². The number of H-pyrrole nitrogens is 1. The highest BCUT2D eigenvalue weighted by Crippen LogP contribution is 2.31. The summed E-state index contributed by atoms with van der Waals surface area (Å²) in [5.41, 5.74) is 2.06. The molecular weight excluding hydrogens is 466 g/mol. The smallest absolute Gasteiger partial charge is 0.253 e. The van der Waals surface area contributed by atoms with Gasteiger partial charge < -0.3 is 33.8 Å². The molecule has 0 amide bonds. The lowest BCUT2D eigenvalue weighted by molar-refractivity contribution is 0.355. The summed E-state index contributed by atoms with van der Waals surface area (Å²) >= 11 is 5.71. The molecule has 182 valence electrons. The predicted octanol–water partition coefficient (Wildman–Crippen LogP) is 4.22. The zero-order chi connectivity index (χ0) is 24.8. The minimum absolute atomic E-state index is 0.196. The maximum absolute atomic E-state index is 13.0. The summed E-state index contributed by atoms with van der Waals surface area (Å²) in [7, 11) is 4.77. The largest absolute Gasteiger partial charge is 0.497 e. The van der Waals surface area contributed by atoms with Crippen LogP contribution in [0.3, 0.4) is 0 Å². The van der Waals surface area contributed by atoms with Gasteiger partial charge in [0.2, 0.25) is 0 Å². The fourth-order valence-electron chi connectivity index (χ4n) is 3.74. The number of aromatic nitrogens is 1. The third-order valence-electron chi connectivity index (χ3n) is 5.60. The summed E-state index contributed by atoms with van der Waals surface area (Å²) in [6.45, 7) is 1.24. The molecular formula is C26H27N3O5S. The summed E-state index contributed by atoms with van der Waals surface area (Å²) < 4.78 is 21.4. The third-order valence-corrected chi connectivity index (χ3v) is 6.00. The second-order valence-corrected chi connectivity index (χ2v) is 8.25. The third kappa shape index (κ3) is 5.75. The highest BCUT2D eigenvalue weighted by atomic mass is 32.1. The standard InChI is InChI=1S/C26H27N3O5S/c1-31-20-8-6-17(7-9-20)15-29(26(35)27-14-21-5-4-10-34-21)16-19-11-18-12-23(32-2)24(33-3)13-22(18)28-25(19)30/h4-13H,14-16H2,1-3H3,(H,27,35)(H,28,30). The Kier molecular flexibility index (Phi) is 7.57. The van der Waals surface area contributed by atoms with Crippen LogP contribution in [-0.4, -0.2) is 36.3 Å². The van der Waals surface area contributed by atoms with Gasteiger partial charge in [-0.3, -0.25) is 4.79 Å². The number of nitrogens with zero attached hydrogens (tertiary/aromatic N) is 1. The van der Waals surface area contributed by atoms with Gasteiger partial charge in [0.1, 0.15) is 11.5 Å². The van der Waals surface area contributed by atoms with Crippen molar-refractivity contribution in [1.82, 2.24) is 15.2 Å². The fourth-order valence-corrected chi connectivity index (χ4v) is 3.94. The van der Waals surface area contributed by atoms with Crippen molar-refractivity contribution < 1.29 is 18.6 Å². The van der Waals surface area contributed by atoms with Crippen molar-refractivity contribution in [2.75, 3.05) is 21.3 Å². The van der Waals surface area contributed by atoms with E-state index < -0.39 is 0 Å². The molecule has 0 saturated heterocycles. The van der Waals surface area contributed by atoms with Crippen LogP contribution < -0.4 is 25.1 Å². The number of methoxy groups -OCH3 is 3. The van der Waals surface area contributed by atoms with E-state index in [0.717, 1.165) is 22.5 Å². The number of fused-ring (bicyclic) bond motifs is 1. The normalized spacial score (nSPS) is 10.7. The molecule has 8 nitrogen and oxygen atoms in total. The van der Waals surface area contributed by atoms with E-state index >= 15 is 0 Å². The molecule has 4 aromatic rings. The van der Waals surface area contributed by atoms with Crippen molar-refractivity contribution in [1.29, 1.82) is 0 Å². The average molecular weight is 494 g/mol. The first-order valence-corrected chi connectivity index (χ1v) is 11.4. The Bertz CT molecular complexity index is 1350. The number of pyridine rings is 1. The summed E-state index contributed by atoms with van der Waals surface area (Å²) in [6.07, 6.45) is 1.62. The molecule has 0 unspecified atom stereocenters. The average Bonchev–Trinajstić information content (AvgIpc) is 3.40. The van der Waals surface area contributed by atoms with Crippen molar-refractivity contribution in [2.24, 2.45) is 0 Å². The van der Waals surface area contributed by atoms with Gasteiger partial charge in [0.15, 0.2) is 16.6 Å². The van der Waals surface area contributed by atoms with Crippen molar-refractivity contribution in [3.8, 4) is 17.2 Å². The van der Waals surface area contributed by atoms with Crippen molar-refractivity contribution in [3.63, 3.8) is 0 Å². The van der Waals surface area contributed by atoms with Crippen LogP contribution in [0.2, 0.25) is 0 Å². The minimum Gasteiger partial charge on any atom is -0.497 e. The van der Waals surface area contributed by atoms with Gasteiger partial charge in [-0.25, -0.2) is 0 Å². The maximum Gasteiger partial charge on any atom is 0.253 e. The molecule has 0 spiro atoms. The number of aromatic amines is 1. The van der Waals surface area contributed by atoms with E-state index in [0.29, 0.717) is 47.3 Å². The van der Waals surface area contributed by atoms with Gasteiger partial charge in [-0.05, 0) is 54.2 Å². The second kappa shape index (κ2) is 11.0. The Balaban J connectivity index is 1.63. The molecule has 2 aromatic carbocycles. The topological polar surface area (TPSA) is 89.0 Å². The molecule has 0 bridgehead atoms. The lowest BCUT2D eigenvalue weighted by atomic mass is 10.1. The number of thiocarbonyl (C=S) groups is 1. The van der Waals surface area contributed by atoms with Crippen LogP contribution >= 0.6 is 12.2 Å². The van der Waals surface area contributed by atoms with E-state index in [4.69, 9.17) is 30.8 Å². The number of rotatable bonds is 9. The van der Waals surface area contributed by atoms with Crippen molar-refractivity contribution in [2.45, 2.75) is 19.6 Å². The van der Waals surface area contributed by atoms with Gasteiger partial charge in [-0.1, -0.05) is 12.1 Å². The first kappa shape index (κ1) is 24.2. The van der Waals surface area contributed by atoms with Gasteiger partial charge >= 0.3 is 0 Å². The summed E-state index contributed by atoms with van der Waals surface area (Å²) in [5, 5.41) is 4.56. The highest BCUT2D eigenvalue weighted by molar-refractivity contribution is 7.80. The summed E-state index contributed by atoms with van der Waals surface area (Å²) in [6, 6.07) is 16.9. The van der Waals surface area contributed by atoms with Crippen LogP contribution in [0.15, 0.2) is 70.1 Å². The van der Waals surface area contributed by atoms with Gasteiger partial charge in [0.25, 0.3) is 5.56 Å². The lowest BCUT2D eigenvalue weighted by Crippen LogP contribution is -2.39. The van der Waals surface area contributed by atoms with E-state index in [1.165, 1.54) is 0 Å². The van der Waals surface area contributed by atoms with Gasteiger partial charge in [0.05, 0.1) is 46.2 Å². The first-order chi connectivity index (χ1) is 17.0. The van der Waals surface area contributed by atoms with Crippen LogP contribution in [0.4, 0.5) is 0 Å². The molecule has 0 aliphatic rings. The Morgan fingerprint density at radius 3 is 2.40 bits per heavy atom. The maximum atomic E-state index is 13.0. The number of hydrogen-bond acceptors (Lipinski definition) is 6. The number of hydrogen-bond donors (Lipinski definition) is 2. The molecule has 2 aromatic heterocycles. The highest BCUT2D eigenvalue weighted by Gasteiger charge is 2.16. The molecule has 0 radical (unpaired) electrons.